The molecule has 3 aromatic carbocycles. The number of carbonyl (C=O) groups is 1. The van der Waals surface area contributed by atoms with E-state index in [1.54, 1.807) is 4.57 Å². The van der Waals surface area contributed by atoms with E-state index < -0.39 is 5.97 Å². The molecule has 4 aromatic rings. The number of ether oxygens (including phenoxy) is 1. The third kappa shape index (κ3) is 2.78. The summed E-state index contributed by atoms with van der Waals surface area (Å²) in [6.07, 6.45) is 0.157. The van der Waals surface area contributed by atoms with Crippen LogP contribution >= 0.6 is 0 Å². The predicted octanol–water partition coefficient (Wildman–Crippen LogP) is 3.67. The second-order valence-electron chi connectivity index (χ2n) is 5.76. The maximum atomic E-state index is 12.5. The van der Waals surface area contributed by atoms with Crippen molar-refractivity contribution in [1.29, 1.82) is 0 Å². The molecule has 0 aliphatic rings. The van der Waals surface area contributed by atoms with Crippen molar-refractivity contribution < 1.29 is 9.53 Å². The van der Waals surface area contributed by atoms with Crippen LogP contribution in [0.5, 0.6) is 0 Å². The zero-order valence-corrected chi connectivity index (χ0v) is 13.6. The number of fused-ring (bicyclic) bond motifs is 3. The zero-order valence-electron chi connectivity index (χ0n) is 13.6. The Morgan fingerprint density at radius 3 is 2.56 bits per heavy atom. The Morgan fingerprint density at radius 2 is 1.76 bits per heavy atom. The highest BCUT2D eigenvalue weighted by molar-refractivity contribution is 6.10. The van der Waals surface area contributed by atoms with Crippen LogP contribution in [0, 0.1) is 0 Å². The van der Waals surface area contributed by atoms with Gasteiger partial charge < -0.3 is 9.30 Å². The van der Waals surface area contributed by atoms with Gasteiger partial charge in [0.15, 0.2) is 0 Å². The normalized spacial score (nSPS) is 11.0. The maximum absolute atomic E-state index is 12.5. The lowest BCUT2D eigenvalue weighted by molar-refractivity contribution is 0.0454. The number of benzene rings is 3. The fourth-order valence-electron chi connectivity index (χ4n) is 2.99. The molecule has 0 saturated carbocycles. The van der Waals surface area contributed by atoms with Gasteiger partial charge in [0.2, 0.25) is 5.82 Å². The number of carbonyl (C=O) groups excluding carboxylic acids is 1. The summed E-state index contributed by atoms with van der Waals surface area (Å²) in [5.41, 5.74) is 2.51. The average molecular weight is 326 g/mol. The fourth-order valence-corrected chi connectivity index (χ4v) is 2.99. The molecule has 0 spiro atoms. The molecule has 0 fully saturated rings. The molecule has 0 atom stereocenters. The molecule has 120 valence electrons. The van der Waals surface area contributed by atoms with Gasteiger partial charge >= 0.3 is 5.97 Å². The van der Waals surface area contributed by atoms with Gasteiger partial charge in [-0.2, -0.15) is 0 Å². The van der Waals surface area contributed by atoms with Crippen LogP contribution in [0.25, 0.3) is 21.8 Å². The van der Waals surface area contributed by atoms with E-state index in [9.17, 15) is 4.79 Å². The quantitative estimate of drug-likeness (QED) is 0.424. The van der Waals surface area contributed by atoms with Crippen molar-refractivity contribution in [2.45, 2.75) is 13.1 Å². The summed E-state index contributed by atoms with van der Waals surface area (Å²) < 4.78 is 7.11. The summed E-state index contributed by atoms with van der Waals surface area (Å²) in [5.74, 6) is -0.251. The molecule has 5 heteroatoms. The molecule has 2 radical (unpaired) electrons. The summed E-state index contributed by atoms with van der Waals surface area (Å²) in [4.78, 5) is 17.1. The van der Waals surface area contributed by atoms with Gasteiger partial charge in [-0.15, -0.1) is 0 Å². The number of aromatic nitrogens is 2. The van der Waals surface area contributed by atoms with Crippen molar-refractivity contribution in [3.63, 3.8) is 0 Å². The first-order valence-corrected chi connectivity index (χ1v) is 8.07. The Bertz CT molecular complexity index is 1060. The molecule has 4 nitrogen and oxygen atoms in total. The van der Waals surface area contributed by atoms with Crippen molar-refractivity contribution >= 4 is 35.6 Å². The van der Waals surface area contributed by atoms with E-state index in [0.29, 0.717) is 0 Å². The summed E-state index contributed by atoms with van der Waals surface area (Å²) in [7, 11) is 5.87. The first kappa shape index (κ1) is 15.5. The number of rotatable bonds is 4. The third-order valence-corrected chi connectivity index (χ3v) is 4.22. The molecule has 25 heavy (non-hydrogen) atoms. The minimum atomic E-state index is -0.477. The highest BCUT2D eigenvalue weighted by Gasteiger charge is 2.19. The van der Waals surface area contributed by atoms with Gasteiger partial charge in [0.05, 0.1) is 18.9 Å². The Hall–Kier alpha value is -3.08. The van der Waals surface area contributed by atoms with Gasteiger partial charge in [-0.05, 0) is 23.5 Å². The van der Waals surface area contributed by atoms with Gasteiger partial charge in [-0.1, -0.05) is 60.7 Å². The molecule has 0 bridgehead atoms. The van der Waals surface area contributed by atoms with Crippen molar-refractivity contribution in [2.75, 3.05) is 0 Å². The van der Waals surface area contributed by atoms with Crippen molar-refractivity contribution in [3.8, 4) is 0 Å². The fraction of sp³-hybridized carbons (Fsp3) is 0.100. The molecule has 0 aliphatic carbocycles. The topological polar surface area (TPSA) is 44.1 Å². The van der Waals surface area contributed by atoms with Gasteiger partial charge in [-0.25, -0.2) is 9.78 Å². The van der Waals surface area contributed by atoms with E-state index in [1.807, 2.05) is 66.7 Å². The monoisotopic (exact) mass is 326 g/mol. The largest absolute Gasteiger partial charge is 0.455 e. The molecule has 0 aliphatic heterocycles. The lowest BCUT2D eigenvalue weighted by Gasteiger charge is -2.07. The Labute approximate surface area is 146 Å². The highest BCUT2D eigenvalue weighted by atomic mass is 16.5. The summed E-state index contributed by atoms with van der Waals surface area (Å²) in [6.45, 7) is 0.203. The van der Waals surface area contributed by atoms with Crippen molar-refractivity contribution in [2.24, 2.45) is 0 Å². The van der Waals surface area contributed by atoms with Crippen LogP contribution in [-0.2, 0) is 17.8 Å². The van der Waals surface area contributed by atoms with Crippen molar-refractivity contribution in [1.82, 2.24) is 9.55 Å². The third-order valence-electron chi connectivity index (χ3n) is 4.22. The number of esters is 1. The van der Waals surface area contributed by atoms with Crippen LogP contribution in [0.1, 0.15) is 16.2 Å². The molecule has 0 amide bonds. The minimum Gasteiger partial charge on any atom is -0.455 e. The summed E-state index contributed by atoms with van der Waals surface area (Å²) >= 11 is 0. The summed E-state index contributed by atoms with van der Waals surface area (Å²) in [6, 6.07) is 21.4. The Balaban J connectivity index is 1.73. The predicted molar refractivity (Wildman–Crippen MR) is 98.6 cm³/mol. The second kappa shape index (κ2) is 6.44. The first-order chi connectivity index (χ1) is 12.3. The lowest BCUT2D eigenvalue weighted by Crippen LogP contribution is -2.13. The van der Waals surface area contributed by atoms with Crippen molar-refractivity contribution in [3.05, 3.63) is 78.1 Å². The molecule has 0 unspecified atom stereocenters. The maximum Gasteiger partial charge on any atom is 0.374 e. The number of imidazole rings is 1. The van der Waals surface area contributed by atoms with Crippen LogP contribution < -0.4 is 0 Å². The highest BCUT2D eigenvalue weighted by Crippen LogP contribution is 2.26. The number of nitrogens with zero attached hydrogens (tertiary/aromatic N) is 2. The molecule has 0 saturated heterocycles. The van der Waals surface area contributed by atoms with Gasteiger partial charge in [0.1, 0.15) is 6.61 Å². The van der Waals surface area contributed by atoms with Gasteiger partial charge in [0, 0.05) is 5.39 Å². The van der Waals surface area contributed by atoms with Crippen LogP contribution in [0.3, 0.4) is 0 Å². The Kier molecular flexibility index (Phi) is 3.98. The SMILES string of the molecule is [B]Cn1c(C(=O)OCc2ccccc2)nc2c3ccccc3ccc21. The van der Waals surface area contributed by atoms with Crippen LogP contribution in [0.2, 0.25) is 0 Å². The molecule has 0 N–H and O–H groups in total. The molecule has 4 rings (SSSR count). The zero-order chi connectivity index (χ0) is 17.2. The standard InChI is InChI=1S/C20H15BN2O2/c21-13-23-17-11-10-15-8-4-5-9-16(15)18(17)22-19(23)20(24)25-12-14-6-2-1-3-7-14/h1-11H,12-13H2. The first-order valence-electron chi connectivity index (χ1n) is 8.07. The van der Waals surface area contributed by atoms with E-state index in [-0.39, 0.29) is 18.9 Å². The van der Waals surface area contributed by atoms with E-state index in [2.05, 4.69) is 4.98 Å². The van der Waals surface area contributed by atoms with E-state index in [0.717, 1.165) is 27.4 Å². The van der Waals surface area contributed by atoms with Gasteiger partial charge in [-0.3, -0.25) is 0 Å². The summed E-state index contributed by atoms with van der Waals surface area (Å²) in [5, 5.41) is 2.06. The van der Waals surface area contributed by atoms with Crippen LogP contribution in [0.4, 0.5) is 0 Å². The van der Waals surface area contributed by atoms with E-state index in [1.165, 1.54) is 0 Å². The number of hydrogen-bond acceptors (Lipinski definition) is 3. The smallest absolute Gasteiger partial charge is 0.374 e. The second-order valence-corrected chi connectivity index (χ2v) is 5.76. The number of hydrogen-bond donors (Lipinski definition) is 0. The Morgan fingerprint density at radius 1 is 1.00 bits per heavy atom. The molecule has 1 heterocycles. The van der Waals surface area contributed by atoms with Gasteiger partial charge in [0.25, 0.3) is 0 Å². The molecular formula is C20H15BN2O2. The van der Waals surface area contributed by atoms with E-state index >= 15 is 0 Å². The molecular weight excluding hydrogens is 311 g/mol. The molecule has 1 aromatic heterocycles. The van der Waals surface area contributed by atoms with E-state index in [4.69, 9.17) is 12.6 Å². The van der Waals surface area contributed by atoms with Crippen LogP contribution in [-0.4, -0.2) is 23.4 Å². The van der Waals surface area contributed by atoms with Crippen LogP contribution in [0.15, 0.2) is 66.7 Å². The lowest BCUT2D eigenvalue weighted by atomic mass is 10.1. The minimum absolute atomic E-state index is 0.157. The average Bonchev–Trinajstić information content (AvgIpc) is 3.06.